The highest BCUT2D eigenvalue weighted by Crippen LogP contribution is 2.41. The number of piperidine rings is 2. The number of likely N-dealkylation sites (tertiary alicyclic amines) is 1. The van der Waals surface area contributed by atoms with Gasteiger partial charge in [0.05, 0.1) is 17.7 Å². The number of piperazine rings is 1. The zero-order valence-electron chi connectivity index (χ0n) is 34.7. The fourth-order valence-electron chi connectivity index (χ4n) is 9.16. The van der Waals surface area contributed by atoms with Crippen LogP contribution < -0.4 is 20.4 Å². The second-order valence-corrected chi connectivity index (χ2v) is 17.8. The number of ketones is 1. The molecule has 4 aromatic carbocycles. The molecule has 14 nitrogen and oxygen atoms in total. The molecule has 1 aromatic heterocycles. The first-order valence-electron chi connectivity index (χ1n) is 21.6. The largest absolute Gasteiger partial charge is 0.508 e. The third-order valence-electron chi connectivity index (χ3n) is 12.8. The van der Waals surface area contributed by atoms with Crippen LogP contribution >= 0.6 is 11.3 Å². The number of carbonyl (C=O) groups excluding carboxylic acids is 5. The number of carbonyl (C=O) groups is 5. The number of nitrogens with one attached hydrogen (secondary N) is 1. The highest BCUT2D eigenvalue weighted by atomic mass is 32.1. The summed E-state index contributed by atoms with van der Waals surface area (Å²) in [4.78, 5) is 73.5. The lowest BCUT2D eigenvalue weighted by atomic mass is 9.80. The molecule has 4 N–H and O–H groups in total. The van der Waals surface area contributed by atoms with Crippen molar-refractivity contribution >= 4 is 69.1 Å². The number of thiophene rings is 1. The van der Waals surface area contributed by atoms with Gasteiger partial charge in [0.2, 0.25) is 11.8 Å². The zero-order valence-corrected chi connectivity index (χ0v) is 35.5. The number of imide groups is 2. The summed E-state index contributed by atoms with van der Waals surface area (Å²) < 4.78 is 6.99. The van der Waals surface area contributed by atoms with E-state index in [-0.39, 0.29) is 24.4 Å². The maximum atomic E-state index is 14.0. The number of phenolic OH excluding ortho intramolecular Hbond substituents is 1. The maximum Gasteiger partial charge on any atom is 0.488 e. The maximum absolute atomic E-state index is 14.0. The van der Waals surface area contributed by atoms with Gasteiger partial charge in [0.15, 0.2) is 5.78 Å². The van der Waals surface area contributed by atoms with Crippen molar-refractivity contribution in [3.63, 3.8) is 0 Å². The van der Waals surface area contributed by atoms with Gasteiger partial charge in [-0.2, -0.15) is 0 Å². The molecule has 4 aliphatic rings. The number of amides is 4. The van der Waals surface area contributed by atoms with Crippen molar-refractivity contribution < 1.29 is 43.9 Å². The van der Waals surface area contributed by atoms with Crippen LogP contribution in [0, 0.1) is 5.92 Å². The molecule has 5 heterocycles. The predicted octanol–water partition coefficient (Wildman–Crippen LogP) is 3.89. The van der Waals surface area contributed by atoms with E-state index in [0.717, 1.165) is 103 Å². The Morgan fingerprint density at radius 1 is 0.778 bits per heavy atom. The molecular weight excluding hydrogens is 821 g/mol. The Kier molecular flexibility index (Phi) is 12.2. The molecule has 1 unspecified atom stereocenters. The Morgan fingerprint density at radius 3 is 2.17 bits per heavy atom. The molecule has 9 rings (SSSR count). The van der Waals surface area contributed by atoms with Crippen molar-refractivity contribution in [2.24, 2.45) is 5.92 Å². The van der Waals surface area contributed by atoms with Crippen LogP contribution in [0.2, 0.25) is 0 Å². The fourth-order valence-corrected chi connectivity index (χ4v) is 10.4. The van der Waals surface area contributed by atoms with Crippen LogP contribution in [0.5, 0.6) is 11.5 Å². The zero-order chi connectivity index (χ0) is 43.8. The number of rotatable bonds is 13. The molecule has 0 aliphatic carbocycles. The number of benzene rings is 4. The van der Waals surface area contributed by atoms with E-state index >= 15 is 0 Å². The normalized spacial score (nSPS) is 18.9. The minimum Gasteiger partial charge on any atom is -0.508 e. The summed E-state index contributed by atoms with van der Waals surface area (Å²) in [5.74, 6) is -0.864. The number of phenols is 1. The molecule has 0 radical (unpaired) electrons. The Morgan fingerprint density at radius 2 is 1.48 bits per heavy atom. The van der Waals surface area contributed by atoms with E-state index < -0.39 is 36.8 Å². The summed E-state index contributed by atoms with van der Waals surface area (Å²) in [5, 5.41) is 32.2. The number of hydrogen-bond donors (Lipinski definition) is 4. The smallest absolute Gasteiger partial charge is 0.488 e. The van der Waals surface area contributed by atoms with Crippen LogP contribution in [0.25, 0.3) is 20.5 Å². The van der Waals surface area contributed by atoms with Gasteiger partial charge >= 0.3 is 7.12 Å². The molecule has 63 heavy (non-hydrogen) atoms. The quantitative estimate of drug-likeness (QED) is 0.0764. The topological polar surface area (TPSA) is 180 Å². The van der Waals surface area contributed by atoms with E-state index in [1.54, 1.807) is 66.7 Å². The van der Waals surface area contributed by atoms with Gasteiger partial charge in [0, 0.05) is 64.4 Å². The average molecular weight is 870 g/mol. The van der Waals surface area contributed by atoms with E-state index in [1.807, 2.05) is 18.2 Å². The summed E-state index contributed by atoms with van der Waals surface area (Å²) >= 11 is 1.40. The highest BCUT2D eigenvalue weighted by molar-refractivity contribution is 7.22. The van der Waals surface area contributed by atoms with Crippen molar-refractivity contribution in [1.82, 2.24) is 20.0 Å². The van der Waals surface area contributed by atoms with Gasteiger partial charge in [-0.25, -0.2) is 0 Å². The minimum absolute atomic E-state index is 0.0886. The summed E-state index contributed by atoms with van der Waals surface area (Å²) in [6.07, 6.45) is 3.40. The molecule has 3 fully saturated rings. The number of ether oxygens (including phenoxy) is 1. The number of nitrogens with zero attached hydrogens (tertiary/aromatic N) is 4. The summed E-state index contributed by atoms with van der Waals surface area (Å²) in [5.41, 5.74) is 3.65. The van der Waals surface area contributed by atoms with Crippen molar-refractivity contribution in [3.05, 3.63) is 107 Å². The first-order valence-corrected chi connectivity index (χ1v) is 22.4. The van der Waals surface area contributed by atoms with Gasteiger partial charge in [0.25, 0.3) is 11.8 Å². The molecule has 4 amide bonds. The van der Waals surface area contributed by atoms with E-state index in [9.17, 15) is 39.1 Å². The third kappa shape index (κ3) is 8.86. The van der Waals surface area contributed by atoms with E-state index in [4.69, 9.17) is 4.74 Å². The Balaban J connectivity index is 0.710. The lowest BCUT2D eigenvalue weighted by molar-refractivity contribution is -0.136. The van der Waals surface area contributed by atoms with E-state index in [1.165, 1.54) is 11.3 Å². The Bertz CT molecular complexity index is 2570. The first kappa shape index (κ1) is 42.4. The average Bonchev–Trinajstić information content (AvgIpc) is 3.79. The Hall–Kier alpha value is -5.91. The van der Waals surface area contributed by atoms with Crippen LogP contribution in [0.15, 0.2) is 84.9 Å². The van der Waals surface area contributed by atoms with Crippen molar-refractivity contribution in [2.45, 2.75) is 38.1 Å². The SMILES string of the molecule is O=C1CCC(N2C(=O)c3ccc(N4CCN(CCCN5CCC(COc6ccc(C(=O)c7c(-c8ccc(B(O)O)cc8)sc8cc(O)ccc78)cc6)CC5)CC4)cc3C2=O)C(=O)N1. The summed E-state index contributed by atoms with van der Waals surface area (Å²) in [7, 11) is -1.59. The summed E-state index contributed by atoms with van der Waals surface area (Å²) in [6.45, 7) is 8.08. The van der Waals surface area contributed by atoms with Crippen molar-refractivity contribution in [2.75, 3.05) is 63.9 Å². The second-order valence-electron chi connectivity index (χ2n) is 16.8. The van der Waals surface area contributed by atoms with Crippen LogP contribution in [0.3, 0.4) is 0 Å². The molecule has 0 saturated carbocycles. The van der Waals surface area contributed by atoms with Crippen LogP contribution in [-0.2, 0) is 9.59 Å². The molecule has 3 saturated heterocycles. The third-order valence-corrected chi connectivity index (χ3v) is 14.0. The molecular formula is C47H48BN5O9S. The first-order chi connectivity index (χ1) is 30.5. The molecule has 0 bridgehead atoms. The lowest BCUT2D eigenvalue weighted by Crippen LogP contribution is -2.54. The predicted molar refractivity (Wildman–Crippen MR) is 240 cm³/mol. The van der Waals surface area contributed by atoms with Gasteiger partial charge < -0.3 is 29.7 Å². The molecule has 4 aliphatic heterocycles. The van der Waals surface area contributed by atoms with Crippen LogP contribution in [0.4, 0.5) is 5.69 Å². The molecule has 5 aromatic rings. The van der Waals surface area contributed by atoms with Crippen molar-refractivity contribution in [1.29, 1.82) is 0 Å². The van der Waals surface area contributed by atoms with Gasteiger partial charge in [-0.3, -0.25) is 39.1 Å². The molecule has 0 spiro atoms. The van der Waals surface area contributed by atoms with E-state index in [0.29, 0.717) is 46.0 Å². The Labute approximate surface area is 368 Å². The van der Waals surface area contributed by atoms with Crippen LogP contribution in [0.1, 0.15) is 68.7 Å². The minimum atomic E-state index is -1.59. The second kappa shape index (κ2) is 18.1. The van der Waals surface area contributed by atoms with Gasteiger partial charge in [-0.15, -0.1) is 11.3 Å². The van der Waals surface area contributed by atoms with Gasteiger partial charge in [-0.1, -0.05) is 24.3 Å². The fraction of sp³-hybridized carbons (Fsp3) is 0.340. The number of hydrogen-bond acceptors (Lipinski definition) is 13. The van der Waals surface area contributed by atoms with Gasteiger partial charge in [0.1, 0.15) is 17.5 Å². The van der Waals surface area contributed by atoms with Crippen molar-refractivity contribution in [3.8, 4) is 21.9 Å². The van der Waals surface area contributed by atoms with E-state index in [2.05, 4.69) is 20.0 Å². The molecule has 324 valence electrons. The standard InChI is InChI=1S/C47H48BN5O9S/c54-34-9-13-37-40(27-34)63-44(31-2-6-32(7-3-31)48(60)61)42(37)43(56)30-4-10-35(11-5-30)62-28-29-16-20-50(21-17-29)18-1-19-51-22-24-52(25-23-51)33-8-12-36-38(26-33)47(59)53(46(36)58)39-14-15-41(55)49-45(39)57/h2-13,26-27,29,39,54,60-61H,1,14-25,28H2,(H,49,55,57). The summed E-state index contributed by atoms with van der Waals surface area (Å²) in [6, 6.07) is 23.4. The number of anilines is 1. The lowest BCUT2D eigenvalue weighted by Gasteiger charge is -2.37. The van der Waals surface area contributed by atoms with Gasteiger partial charge in [-0.05, 0) is 129 Å². The van der Waals surface area contributed by atoms with Crippen LogP contribution in [-0.4, -0.2) is 131 Å². The highest BCUT2D eigenvalue weighted by Gasteiger charge is 2.45. The monoisotopic (exact) mass is 869 g/mol. The number of aromatic hydroxyl groups is 1. The molecule has 1 atom stereocenters. The number of fused-ring (bicyclic) bond motifs is 2. The molecule has 16 heteroatoms.